The van der Waals surface area contributed by atoms with Crippen LogP contribution in [0, 0.1) is 0 Å². The minimum absolute atomic E-state index is 0.109. The van der Waals surface area contributed by atoms with Gasteiger partial charge >= 0.3 is 0 Å². The van der Waals surface area contributed by atoms with Crippen LogP contribution >= 0.6 is 11.3 Å². The maximum atomic E-state index is 12.4. The van der Waals surface area contributed by atoms with Crippen LogP contribution in [0.4, 0.5) is 0 Å². The Bertz CT molecular complexity index is 804. The molecule has 1 amide bonds. The molecular weight excluding hydrogens is 290 g/mol. The smallest absolute Gasteiger partial charge is 0.255 e. The predicted molar refractivity (Wildman–Crippen MR) is 78.7 cm³/mol. The van der Waals surface area contributed by atoms with Crippen molar-refractivity contribution < 1.29 is 18.7 Å². The van der Waals surface area contributed by atoms with Crippen LogP contribution in [-0.2, 0) is 4.79 Å². The largest absolute Gasteiger partial charge is 0.484 e. The van der Waals surface area contributed by atoms with Crippen molar-refractivity contribution in [3.05, 3.63) is 52.4 Å². The Hall–Kier alpha value is -2.60. The molecule has 106 valence electrons. The van der Waals surface area contributed by atoms with Gasteiger partial charge in [0.2, 0.25) is 0 Å². The monoisotopic (exact) mass is 301 g/mol. The van der Waals surface area contributed by atoms with E-state index in [1.165, 1.54) is 17.6 Å². The van der Waals surface area contributed by atoms with Crippen molar-refractivity contribution in [3.8, 4) is 5.75 Å². The first-order valence-electron chi connectivity index (χ1n) is 6.14. The number of carbonyl (C=O) groups excluding carboxylic acids is 2. The number of amides is 1. The van der Waals surface area contributed by atoms with E-state index in [4.69, 9.17) is 14.9 Å². The van der Waals surface area contributed by atoms with Gasteiger partial charge in [0.1, 0.15) is 17.6 Å². The SMILES string of the molecule is NC(=O)COc1ccc2occ(C(=O)c3ccsc3)c2c1. The summed E-state index contributed by atoms with van der Waals surface area (Å²) in [6, 6.07) is 6.78. The summed E-state index contributed by atoms with van der Waals surface area (Å²) in [6.45, 7) is -0.211. The van der Waals surface area contributed by atoms with Gasteiger partial charge in [-0.05, 0) is 29.6 Å². The highest BCUT2D eigenvalue weighted by molar-refractivity contribution is 7.08. The zero-order valence-corrected chi connectivity index (χ0v) is 11.7. The van der Waals surface area contributed by atoms with Crippen LogP contribution in [0.5, 0.6) is 5.75 Å². The number of rotatable bonds is 5. The Morgan fingerprint density at radius 3 is 2.86 bits per heavy atom. The fraction of sp³-hybridized carbons (Fsp3) is 0.0667. The number of ether oxygens (including phenoxy) is 1. The molecule has 0 radical (unpaired) electrons. The van der Waals surface area contributed by atoms with E-state index in [1.807, 2.05) is 5.38 Å². The molecule has 0 saturated heterocycles. The third-order valence-corrected chi connectivity index (χ3v) is 3.64. The average molecular weight is 301 g/mol. The summed E-state index contributed by atoms with van der Waals surface area (Å²) >= 11 is 1.46. The van der Waals surface area contributed by atoms with Gasteiger partial charge in [0.05, 0.1) is 5.56 Å². The number of fused-ring (bicyclic) bond motifs is 1. The molecule has 2 N–H and O–H groups in total. The van der Waals surface area contributed by atoms with Crippen molar-refractivity contribution in [2.75, 3.05) is 6.61 Å². The lowest BCUT2D eigenvalue weighted by molar-refractivity contribution is -0.119. The highest BCUT2D eigenvalue weighted by Gasteiger charge is 2.16. The molecule has 0 aliphatic rings. The zero-order valence-electron chi connectivity index (χ0n) is 10.9. The fourth-order valence-electron chi connectivity index (χ4n) is 1.98. The summed E-state index contributed by atoms with van der Waals surface area (Å²) in [7, 11) is 0. The van der Waals surface area contributed by atoms with Crippen LogP contribution in [0.25, 0.3) is 11.0 Å². The summed E-state index contributed by atoms with van der Waals surface area (Å²) in [5.74, 6) is -0.207. The van der Waals surface area contributed by atoms with E-state index in [0.29, 0.717) is 27.8 Å². The third kappa shape index (κ3) is 2.66. The van der Waals surface area contributed by atoms with Gasteiger partial charge in [0.15, 0.2) is 12.4 Å². The number of thiophene rings is 1. The van der Waals surface area contributed by atoms with Crippen LogP contribution in [-0.4, -0.2) is 18.3 Å². The molecule has 2 aromatic heterocycles. The second-order valence-electron chi connectivity index (χ2n) is 4.40. The summed E-state index contributed by atoms with van der Waals surface area (Å²) in [6.07, 6.45) is 1.43. The van der Waals surface area contributed by atoms with Gasteiger partial charge in [-0.2, -0.15) is 11.3 Å². The molecule has 0 spiro atoms. The summed E-state index contributed by atoms with van der Waals surface area (Å²) in [4.78, 5) is 23.1. The Kier molecular flexibility index (Phi) is 3.45. The van der Waals surface area contributed by atoms with E-state index in [0.717, 1.165) is 0 Å². The minimum Gasteiger partial charge on any atom is -0.484 e. The molecule has 0 atom stereocenters. The summed E-state index contributed by atoms with van der Waals surface area (Å²) < 4.78 is 10.6. The number of carbonyl (C=O) groups is 2. The first kappa shape index (κ1) is 13.4. The molecule has 2 heterocycles. The molecule has 3 aromatic rings. The van der Waals surface area contributed by atoms with Crippen molar-refractivity contribution in [2.24, 2.45) is 5.73 Å². The summed E-state index contributed by atoms with van der Waals surface area (Å²) in [5.41, 5.74) is 6.71. The molecule has 1 aromatic carbocycles. The van der Waals surface area contributed by atoms with Gasteiger partial charge in [-0.3, -0.25) is 9.59 Å². The number of benzene rings is 1. The number of hydrogen-bond donors (Lipinski definition) is 1. The number of primary amides is 1. The molecule has 0 saturated carbocycles. The number of furan rings is 1. The van der Waals surface area contributed by atoms with Gasteiger partial charge in [0.25, 0.3) is 5.91 Å². The van der Waals surface area contributed by atoms with Crippen molar-refractivity contribution >= 4 is 34.0 Å². The van der Waals surface area contributed by atoms with Gasteiger partial charge in [0, 0.05) is 16.3 Å². The molecule has 3 rings (SSSR count). The lowest BCUT2D eigenvalue weighted by Crippen LogP contribution is -2.19. The van der Waals surface area contributed by atoms with Crippen molar-refractivity contribution in [2.45, 2.75) is 0 Å². The summed E-state index contributed by atoms with van der Waals surface area (Å²) in [5, 5.41) is 4.28. The molecule has 0 fully saturated rings. The Labute approximate surface area is 123 Å². The van der Waals surface area contributed by atoms with E-state index < -0.39 is 5.91 Å². The van der Waals surface area contributed by atoms with Crippen LogP contribution < -0.4 is 10.5 Å². The second-order valence-corrected chi connectivity index (χ2v) is 5.18. The van der Waals surface area contributed by atoms with Gasteiger partial charge < -0.3 is 14.9 Å². The highest BCUT2D eigenvalue weighted by atomic mass is 32.1. The number of ketones is 1. The lowest BCUT2D eigenvalue weighted by atomic mass is 10.1. The van der Waals surface area contributed by atoms with E-state index in [9.17, 15) is 9.59 Å². The number of nitrogens with two attached hydrogens (primary N) is 1. The van der Waals surface area contributed by atoms with Crippen molar-refractivity contribution in [1.29, 1.82) is 0 Å². The molecule has 0 bridgehead atoms. The fourth-order valence-corrected chi connectivity index (χ4v) is 2.61. The average Bonchev–Trinajstić information content (AvgIpc) is 3.13. The molecule has 0 unspecified atom stereocenters. The standard InChI is InChI=1S/C15H11NO4S/c16-14(17)7-19-10-1-2-13-11(5-10)12(6-20-13)15(18)9-3-4-21-8-9/h1-6,8H,7H2,(H2,16,17). The first-order valence-corrected chi connectivity index (χ1v) is 7.08. The van der Waals surface area contributed by atoms with E-state index >= 15 is 0 Å². The molecule has 0 aliphatic carbocycles. The van der Waals surface area contributed by atoms with Crippen LogP contribution in [0.3, 0.4) is 0 Å². The second kappa shape index (κ2) is 5.41. The van der Waals surface area contributed by atoms with Gasteiger partial charge in [-0.25, -0.2) is 0 Å². The Morgan fingerprint density at radius 2 is 2.14 bits per heavy atom. The molecular formula is C15H11NO4S. The van der Waals surface area contributed by atoms with Gasteiger partial charge in [-0.15, -0.1) is 0 Å². The first-order chi connectivity index (χ1) is 10.1. The Balaban J connectivity index is 1.98. The molecule has 21 heavy (non-hydrogen) atoms. The van der Waals surface area contributed by atoms with E-state index in [1.54, 1.807) is 29.6 Å². The van der Waals surface area contributed by atoms with Crippen LogP contribution in [0.1, 0.15) is 15.9 Å². The predicted octanol–water partition coefficient (Wildman–Crippen LogP) is 2.59. The van der Waals surface area contributed by atoms with Gasteiger partial charge in [-0.1, -0.05) is 0 Å². The van der Waals surface area contributed by atoms with Crippen molar-refractivity contribution in [1.82, 2.24) is 0 Å². The molecule has 0 aliphatic heterocycles. The van der Waals surface area contributed by atoms with E-state index in [2.05, 4.69) is 0 Å². The normalized spacial score (nSPS) is 10.7. The number of hydrogen-bond acceptors (Lipinski definition) is 5. The highest BCUT2D eigenvalue weighted by Crippen LogP contribution is 2.28. The molecule has 5 nitrogen and oxygen atoms in total. The minimum atomic E-state index is -0.558. The Morgan fingerprint density at radius 1 is 1.29 bits per heavy atom. The quantitative estimate of drug-likeness (QED) is 0.734. The maximum Gasteiger partial charge on any atom is 0.255 e. The van der Waals surface area contributed by atoms with Crippen molar-refractivity contribution in [3.63, 3.8) is 0 Å². The lowest BCUT2D eigenvalue weighted by Gasteiger charge is -2.03. The van der Waals surface area contributed by atoms with E-state index in [-0.39, 0.29) is 12.4 Å². The van der Waals surface area contributed by atoms with Crippen LogP contribution in [0.2, 0.25) is 0 Å². The molecule has 6 heteroatoms. The maximum absolute atomic E-state index is 12.4. The third-order valence-electron chi connectivity index (χ3n) is 2.95. The zero-order chi connectivity index (χ0) is 14.8. The van der Waals surface area contributed by atoms with Crippen LogP contribution in [0.15, 0.2) is 45.7 Å². The topological polar surface area (TPSA) is 82.5 Å².